The van der Waals surface area contributed by atoms with E-state index in [4.69, 9.17) is 8.83 Å². The molecule has 4 heterocycles. The summed E-state index contributed by atoms with van der Waals surface area (Å²) in [5.41, 5.74) is 1.37. The van der Waals surface area contributed by atoms with Crippen LogP contribution in [-0.2, 0) is 12.8 Å². The van der Waals surface area contributed by atoms with Crippen molar-refractivity contribution in [2.75, 3.05) is 6.54 Å². The number of benzene rings is 1. The summed E-state index contributed by atoms with van der Waals surface area (Å²) in [6, 6.07) is 3.44. The number of aromatic amines is 1. The molecule has 0 saturated carbocycles. The molecule has 0 saturated heterocycles. The molecule has 11 heteroatoms. The number of para-hydroxylation sites is 1. The molecule has 1 N–H and O–H groups in total. The lowest BCUT2D eigenvalue weighted by atomic mass is 10.0. The summed E-state index contributed by atoms with van der Waals surface area (Å²) in [4.78, 5) is 30.0. The summed E-state index contributed by atoms with van der Waals surface area (Å²) < 4.78 is 50.6. The molecule has 0 aliphatic carbocycles. The maximum atomic E-state index is 14.1. The molecule has 1 atom stereocenters. The number of hydrogen-bond donors (Lipinski definition) is 1. The molecule has 4 aromatic rings. The smallest absolute Gasteiger partial charge is 0.292 e. The van der Waals surface area contributed by atoms with Gasteiger partial charge in [-0.1, -0.05) is 6.07 Å². The van der Waals surface area contributed by atoms with Gasteiger partial charge in [-0.25, -0.2) is 28.1 Å². The third kappa shape index (κ3) is 2.93. The highest BCUT2D eigenvalue weighted by Crippen LogP contribution is 2.36. The van der Waals surface area contributed by atoms with Gasteiger partial charge in [-0.05, 0) is 12.1 Å². The Morgan fingerprint density at radius 3 is 3.00 bits per heavy atom. The second kappa shape index (κ2) is 7.01. The first-order valence-electron chi connectivity index (χ1n) is 9.11. The summed E-state index contributed by atoms with van der Waals surface area (Å²) in [6.45, 7) is 0.217. The number of alkyl halides is 2. The van der Waals surface area contributed by atoms with Crippen molar-refractivity contribution in [3.05, 3.63) is 65.5 Å². The number of aromatic nitrogens is 4. The van der Waals surface area contributed by atoms with Crippen LogP contribution in [0.3, 0.4) is 0 Å². The Kier molecular flexibility index (Phi) is 4.30. The van der Waals surface area contributed by atoms with Crippen molar-refractivity contribution in [3.63, 3.8) is 0 Å². The summed E-state index contributed by atoms with van der Waals surface area (Å²) >= 11 is 0. The first-order valence-corrected chi connectivity index (χ1v) is 9.11. The Balaban J connectivity index is 1.60. The lowest BCUT2D eigenvalue weighted by Gasteiger charge is -2.32. The van der Waals surface area contributed by atoms with Gasteiger partial charge in [-0.2, -0.15) is 0 Å². The Hall–Kier alpha value is -3.63. The van der Waals surface area contributed by atoms with E-state index in [1.165, 1.54) is 23.4 Å². The highest BCUT2D eigenvalue weighted by atomic mass is 19.3. The third-order valence-corrected chi connectivity index (χ3v) is 4.99. The Morgan fingerprint density at radius 2 is 2.20 bits per heavy atom. The lowest BCUT2D eigenvalue weighted by molar-refractivity contribution is 0.0631. The number of fused-ring (bicyclic) bond motifs is 2. The van der Waals surface area contributed by atoms with Crippen molar-refractivity contribution in [3.8, 4) is 0 Å². The Labute approximate surface area is 166 Å². The fraction of sp³-hybridized carbons (Fsp3) is 0.263. The predicted octanol–water partition coefficient (Wildman–Crippen LogP) is 3.27. The SMILES string of the molecule is O=C(c1ocnc1CC(F)F)N1CCc2[nH]cnc2[C@H]1c1nc2cccc(F)c2o1. The van der Waals surface area contributed by atoms with Gasteiger partial charge in [0, 0.05) is 18.7 Å². The molecule has 0 unspecified atom stereocenters. The number of nitrogens with one attached hydrogen (secondary N) is 1. The summed E-state index contributed by atoms with van der Waals surface area (Å²) in [7, 11) is 0. The normalized spacial score (nSPS) is 16.4. The molecule has 0 spiro atoms. The molecule has 1 aromatic carbocycles. The number of rotatable bonds is 4. The van der Waals surface area contributed by atoms with E-state index in [0.717, 1.165) is 12.1 Å². The molecule has 3 aromatic heterocycles. The molecule has 0 radical (unpaired) electrons. The fourth-order valence-electron chi connectivity index (χ4n) is 3.66. The van der Waals surface area contributed by atoms with Crippen LogP contribution in [0.15, 0.2) is 39.8 Å². The molecule has 30 heavy (non-hydrogen) atoms. The number of carbonyl (C=O) groups excluding carboxylic acids is 1. The van der Waals surface area contributed by atoms with Crippen LogP contribution in [0.1, 0.15) is 39.6 Å². The van der Waals surface area contributed by atoms with Crippen LogP contribution in [0.2, 0.25) is 0 Å². The van der Waals surface area contributed by atoms with Gasteiger partial charge < -0.3 is 18.7 Å². The average Bonchev–Trinajstić information content (AvgIpc) is 3.45. The minimum atomic E-state index is -2.68. The summed E-state index contributed by atoms with van der Waals surface area (Å²) in [5.74, 6) is -1.45. The van der Waals surface area contributed by atoms with Crippen LogP contribution in [0, 0.1) is 5.82 Å². The highest BCUT2D eigenvalue weighted by molar-refractivity contribution is 5.93. The zero-order chi connectivity index (χ0) is 20.8. The van der Waals surface area contributed by atoms with E-state index in [2.05, 4.69) is 19.9 Å². The van der Waals surface area contributed by atoms with Crippen LogP contribution in [0.5, 0.6) is 0 Å². The van der Waals surface area contributed by atoms with Crippen LogP contribution in [-0.4, -0.2) is 43.7 Å². The van der Waals surface area contributed by atoms with E-state index in [1.54, 1.807) is 6.07 Å². The topological polar surface area (TPSA) is 101 Å². The zero-order valence-electron chi connectivity index (χ0n) is 15.3. The second-order valence-electron chi connectivity index (χ2n) is 6.78. The number of amides is 1. The first kappa shape index (κ1) is 18.4. The van der Waals surface area contributed by atoms with Crippen LogP contribution in [0.25, 0.3) is 11.1 Å². The van der Waals surface area contributed by atoms with E-state index in [-0.39, 0.29) is 35.0 Å². The van der Waals surface area contributed by atoms with Gasteiger partial charge in [-0.15, -0.1) is 0 Å². The quantitative estimate of drug-likeness (QED) is 0.547. The van der Waals surface area contributed by atoms with Crippen molar-refractivity contribution >= 4 is 17.0 Å². The van der Waals surface area contributed by atoms with Gasteiger partial charge >= 0.3 is 0 Å². The average molecular weight is 417 g/mol. The van der Waals surface area contributed by atoms with Gasteiger partial charge in [-0.3, -0.25) is 4.79 Å². The molecule has 0 fully saturated rings. The molecule has 8 nitrogen and oxygen atoms in total. The monoisotopic (exact) mass is 417 g/mol. The number of halogens is 3. The standard InChI is InChI=1S/C19H14F3N5O3/c20-9-2-1-3-11-16(9)30-18(26-11)15-14-10(23-7-24-14)4-5-27(15)19(28)17-12(6-13(21)22)25-8-29-17/h1-3,7-8,13,15H,4-6H2,(H,23,24)/t15-/m0/s1. The molecular weight excluding hydrogens is 403 g/mol. The number of hydrogen-bond acceptors (Lipinski definition) is 6. The highest BCUT2D eigenvalue weighted by Gasteiger charge is 2.40. The van der Waals surface area contributed by atoms with Crippen LogP contribution >= 0.6 is 0 Å². The third-order valence-electron chi connectivity index (χ3n) is 4.99. The van der Waals surface area contributed by atoms with Crippen molar-refractivity contribution < 1.29 is 26.8 Å². The summed E-state index contributed by atoms with van der Waals surface area (Å²) in [6.07, 6.45) is -0.510. The number of nitrogens with zero attached hydrogens (tertiary/aromatic N) is 4. The molecule has 1 amide bonds. The maximum Gasteiger partial charge on any atom is 0.292 e. The van der Waals surface area contributed by atoms with Crippen molar-refractivity contribution in [2.24, 2.45) is 0 Å². The maximum absolute atomic E-state index is 14.1. The molecule has 5 rings (SSSR count). The second-order valence-corrected chi connectivity index (χ2v) is 6.78. The van der Waals surface area contributed by atoms with E-state index < -0.39 is 30.6 Å². The van der Waals surface area contributed by atoms with Crippen LogP contribution < -0.4 is 0 Å². The Morgan fingerprint density at radius 1 is 1.33 bits per heavy atom. The van der Waals surface area contributed by atoms with Gasteiger partial charge in [0.2, 0.25) is 18.1 Å². The van der Waals surface area contributed by atoms with E-state index in [1.807, 2.05) is 0 Å². The van der Waals surface area contributed by atoms with Gasteiger partial charge in [0.25, 0.3) is 5.91 Å². The number of H-pyrrole nitrogens is 1. The number of carbonyl (C=O) groups is 1. The van der Waals surface area contributed by atoms with Gasteiger partial charge in [0.05, 0.1) is 24.1 Å². The number of imidazole rings is 1. The minimum absolute atomic E-state index is 0.0411. The van der Waals surface area contributed by atoms with Gasteiger partial charge in [0.1, 0.15) is 5.52 Å². The zero-order valence-corrected chi connectivity index (χ0v) is 15.3. The lowest BCUT2D eigenvalue weighted by Crippen LogP contribution is -2.41. The largest absolute Gasteiger partial charge is 0.438 e. The minimum Gasteiger partial charge on any atom is -0.438 e. The van der Waals surface area contributed by atoms with E-state index in [9.17, 15) is 18.0 Å². The Bertz CT molecular complexity index is 1230. The molecular formula is C19H14F3N5O3. The summed E-state index contributed by atoms with van der Waals surface area (Å²) in [5, 5.41) is 0. The predicted molar refractivity (Wildman–Crippen MR) is 95.3 cm³/mol. The van der Waals surface area contributed by atoms with Gasteiger partial charge in [0.15, 0.2) is 23.8 Å². The molecule has 1 aliphatic heterocycles. The number of oxazole rings is 2. The van der Waals surface area contributed by atoms with E-state index >= 15 is 0 Å². The molecule has 154 valence electrons. The molecule has 0 bridgehead atoms. The van der Waals surface area contributed by atoms with Crippen molar-refractivity contribution in [2.45, 2.75) is 25.3 Å². The van der Waals surface area contributed by atoms with Crippen molar-refractivity contribution in [1.29, 1.82) is 0 Å². The molecule has 1 aliphatic rings. The van der Waals surface area contributed by atoms with Crippen molar-refractivity contribution in [1.82, 2.24) is 24.8 Å². The van der Waals surface area contributed by atoms with E-state index in [0.29, 0.717) is 12.1 Å². The van der Waals surface area contributed by atoms with Crippen LogP contribution in [0.4, 0.5) is 13.2 Å². The fourth-order valence-corrected chi connectivity index (χ4v) is 3.66. The first-order chi connectivity index (χ1) is 14.5.